The van der Waals surface area contributed by atoms with Gasteiger partial charge in [0.15, 0.2) is 5.54 Å². The number of carboxylic acid groups (broad SMARTS) is 1. The van der Waals surface area contributed by atoms with Crippen molar-refractivity contribution in [1.82, 2.24) is 0 Å². The Morgan fingerprint density at radius 1 is 1.10 bits per heavy atom. The average Bonchev–Trinajstić information content (AvgIpc) is 3.01. The molecule has 2 aromatic carbocycles. The summed E-state index contributed by atoms with van der Waals surface area (Å²) in [6, 6.07) is 17.0. The maximum absolute atomic E-state index is 11.6. The van der Waals surface area contributed by atoms with Gasteiger partial charge in [0.1, 0.15) is 5.76 Å². The highest BCUT2D eigenvalue weighted by Crippen LogP contribution is 2.26. The van der Waals surface area contributed by atoms with Crippen LogP contribution in [0.2, 0.25) is 0 Å². The van der Waals surface area contributed by atoms with Crippen LogP contribution in [-0.2, 0) is 16.8 Å². The predicted molar refractivity (Wildman–Crippen MR) is 79.9 cm³/mol. The molecule has 1 aromatic heterocycles. The third kappa shape index (κ3) is 2.41. The summed E-state index contributed by atoms with van der Waals surface area (Å²) in [5, 5.41) is 11.7. The van der Waals surface area contributed by atoms with Crippen LogP contribution in [-0.4, -0.2) is 11.1 Å². The van der Waals surface area contributed by atoms with Gasteiger partial charge >= 0.3 is 5.97 Å². The molecule has 3 aromatic rings. The summed E-state index contributed by atoms with van der Waals surface area (Å²) in [6.45, 7) is 0. The van der Waals surface area contributed by atoms with Crippen LogP contribution in [0.15, 0.2) is 65.3 Å². The molecule has 0 aliphatic carbocycles. The summed E-state index contributed by atoms with van der Waals surface area (Å²) in [6.07, 6.45) is 1.60. The number of fused-ring (bicyclic) bond motifs is 1. The molecular weight excluding hydrogens is 266 g/mol. The van der Waals surface area contributed by atoms with Crippen molar-refractivity contribution >= 4 is 16.7 Å². The molecule has 4 nitrogen and oxygen atoms in total. The Morgan fingerprint density at radius 3 is 2.52 bits per heavy atom. The normalized spacial score (nSPS) is 14.0. The molecule has 0 aliphatic heterocycles. The Labute approximate surface area is 121 Å². The van der Waals surface area contributed by atoms with Gasteiger partial charge in [-0.05, 0) is 28.5 Å². The van der Waals surface area contributed by atoms with Crippen molar-refractivity contribution in [2.75, 3.05) is 0 Å². The van der Waals surface area contributed by atoms with Crippen molar-refractivity contribution in [3.05, 3.63) is 72.2 Å². The molecule has 0 saturated carbocycles. The van der Waals surface area contributed by atoms with Crippen LogP contribution in [0.5, 0.6) is 0 Å². The number of furan rings is 1. The number of rotatable bonds is 4. The smallest absolute Gasteiger partial charge is 0.331 e. The molecule has 1 atom stereocenters. The number of hydrogen-bond donors (Lipinski definition) is 2. The van der Waals surface area contributed by atoms with Gasteiger partial charge in [0.25, 0.3) is 0 Å². The van der Waals surface area contributed by atoms with Gasteiger partial charge in [-0.15, -0.1) is 0 Å². The second-order valence-electron chi connectivity index (χ2n) is 5.11. The summed E-state index contributed by atoms with van der Waals surface area (Å²) in [5.41, 5.74) is 5.38. The summed E-state index contributed by atoms with van der Waals surface area (Å²) in [4.78, 5) is 11.6. The minimum absolute atomic E-state index is 0.167. The fourth-order valence-corrected chi connectivity index (χ4v) is 2.47. The molecule has 0 aliphatic rings. The monoisotopic (exact) mass is 281 g/mol. The van der Waals surface area contributed by atoms with E-state index in [9.17, 15) is 9.90 Å². The van der Waals surface area contributed by atoms with E-state index in [0.29, 0.717) is 0 Å². The third-order valence-corrected chi connectivity index (χ3v) is 3.64. The van der Waals surface area contributed by atoms with E-state index in [0.717, 1.165) is 16.3 Å². The lowest BCUT2D eigenvalue weighted by Gasteiger charge is -2.22. The van der Waals surface area contributed by atoms with Crippen molar-refractivity contribution in [3.63, 3.8) is 0 Å². The van der Waals surface area contributed by atoms with Crippen LogP contribution in [0, 0.1) is 0 Å². The van der Waals surface area contributed by atoms with Gasteiger partial charge in [0.05, 0.1) is 6.26 Å². The van der Waals surface area contributed by atoms with Crippen LogP contribution in [0.1, 0.15) is 11.3 Å². The third-order valence-electron chi connectivity index (χ3n) is 3.64. The quantitative estimate of drug-likeness (QED) is 0.771. The fraction of sp³-hybridized carbons (Fsp3) is 0.118. The van der Waals surface area contributed by atoms with Gasteiger partial charge in [-0.2, -0.15) is 0 Å². The number of hydrogen-bond acceptors (Lipinski definition) is 3. The first-order valence-electron chi connectivity index (χ1n) is 6.63. The van der Waals surface area contributed by atoms with Gasteiger partial charge in [-0.25, -0.2) is 4.79 Å². The molecular formula is C17H15NO3. The van der Waals surface area contributed by atoms with E-state index in [1.807, 2.05) is 42.5 Å². The Kier molecular flexibility index (Phi) is 3.23. The van der Waals surface area contributed by atoms with Crippen molar-refractivity contribution in [2.45, 2.75) is 12.0 Å². The zero-order valence-electron chi connectivity index (χ0n) is 11.3. The van der Waals surface area contributed by atoms with E-state index in [2.05, 4.69) is 0 Å². The van der Waals surface area contributed by atoms with Crippen LogP contribution in [0.4, 0.5) is 0 Å². The van der Waals surface area contributed by atoms with E-state index < -0.39 is 11.5 Å². The zero-order chi connectivity index (χ0) is 14.9. The lowest BCUT2D eigenvalue weighted by atomic mass is 9.88. The maximum Gasteiger partial charge on any atom is 0.331 e. The lowest BCUT2D eigenvalue weighted by Crippen LogP contribution is -2.46. The highest BCUT2D eigenvalue weighted by molar-refractivity contribution is 5.84. The first kappa shape index (κ1) is 13.4. The SMILES string of the molecule is N[C@](Cc1ccc2ccccc2c1)(C(=O)O)c1ccco1. The average molecular weight is 281 g/mol. The first-order valence-corrected chi connectivity index (χ1v) is 6.63. The molecule has 0 radical (unpaired) electrons. The molecule has 106 valence electrons. The Balaban J connectivity index is 2.00. The van der Waals surface area contributed by atoms with Crippen LogP contribution < -0.4 is 5.73 Å². The highest BCUT2D eigenvalue weighted by atomic mass is 16.4. The second-order valence-corrected chi connectivity index (χ2v) is 5.11. The van der Waals surface area contributed by atoms with E-state index in [4.69, 9.17) is 10.2 Å². The lowest BCUT2D eigenvalue weighted by molar-refractivity contribution is -0.144. The standard InChI is InChI=1S/C17H15NO3/c18-17(16(19)20,15-6-3-9-21-15)11-12-7-8-13-4-1-2-5-14(13)10-12/h1-10H,11,18H2,(H,19,20)/t17-/m0/s1. The Hall–Kier alpha value is -2.59. The van der Waals surface area contributed by atoms with Crippen molar-refractivity contribution < 1.29 is 14.3 Å². The molecule has 4 heteroatoms. The molecule has 3 N–H and O–H groups in total. The fourth-order valence-electron chi connectivity index (χ4n) is 2.47. The molecule has 0 spiro atoms. The van der Waals surface area contributed by atoms with Gasteiger partial charge in [0.2, 0.25) is 0 Å². The number of carbonyl (C=O) groups is 1. The van der Waals surface area contributed by atoms with Crippen molar-refractivity contribution in [2.24, 2.45) is 5.73 Å². The van der Waals surface area contributed by atoms with E-state index in [1.165, 1.54) is 6.26 Å². The van der Waals surface area contributed by atoms with Gasteiger partial charge in [-0.1, -0.05) is 42.5 Å². The topological polar surface area (TPSA) is 76.5 Å². The van der Waals surface area contributed by atoms with Gasteiger partial charge in [-0.3, -0.25) is 0 Å². The molecule has 0 fully saturated rings. The molecule has 0 bridgehead atoms. The predicted octanol–water partition coefficient (Wildman–Crippen LogP) is 2.91. The summed E-state index contributed by atoms with van der Waals surface area (Å²) in [7, 11) is 0. The second kappa shape index (κ2) is 5.07. The number of carboxylic acids is 1. The first-order chi connectivity index (χ1) is 10.1. The number of nitrogens with two attached hydrogens (primary N) is 1. The Bertz CT molecular complexity index is 780. The zero-order valence-corrected chi connectivity index (χ0v) is 11.3. The summed E-state index contributed by atoms with van der Waals surface area (Å²) < 4.78 is 5.21. The molecule has 0 saturated heterocycles. The van der Waals surface area contributed by atoms with Gasteiger partial charge in [0, 0.05) is 6.42 Å². The highest BCUT2D eigenvalue weighted by Gasteiger charge is 2.39. The molecule has 3 rings (SSSR count). The van der Waals surface area contributed by atoms with Crippen molar-refractivity contribution in [3.8, 4) is 0 Å². The molecule has 21 heavy (non-hydrogen) atoms. The van der Waals surface area contributed by atoms with Crippen LogP contribution in [0.25, 0.3) is 10.8 Å². The molecule has 0 unspecified atom stereocenters. The minimum Gasteiger partial charge on any atom is -0.480 e. The van der Waals surface area contributed by atoms with Crippen molar-refractivity contribution in [1.29, 1.82) is 0 Å². The van der Waals surface area contributed by atoms with Crippen LogP contribution >= 0.6 is 0 Å². The summed E-state index contributed by atoms with van der Waals surface area (Å²) >= 11 is 0. The number of benzene rings is 2. The largest absolute Gasteiger partial charge is 0.480 e. The molecule has 1 heterocycles. The van der Waals surface area contributed by atoms with E-state index in [1.54, 1.807) is 12.1 Å². The summed E-state index contributed by atoms with van der Waals surface area (Å²) in [5.74, 6) is -0.853. The minimum atomic E-state index is -1.56. The maximum atomic E-state index is 11.6. The van der Waals surface area contributed by atoms with Crippen LogP contribution in [0.3, 0.4) is 0 Å². The van der Waals surface area contributed by atoms with E-state index in [-0.39, 0.29) is 12.2 Å². The number of aliphatic carboxylic acids is 1. The molecule has 0 amide bonds. The van der Waals surface area contributed by atoms with Gasteiger partial charge < -0.3 is 15.3 Å². The van der Waals surface area contributed by atoms with E-state index >= 15 is 0 Å². The Morgan fingerprint density at radius 2 is 1.86 bits per heavy atom.